The van der Waals surface area contributed by atoms with Gasteiger partial charge in [0.05, 0.1) is 6.54 Å². The van der Waals surface area contributed by atoms with E-state index in [0.717, 1.165) is 29.5 Å². The van der Waals surface area contributed by atoms with Crippen LogP contribution >= 0.6 is 11.6 Å². The maximum atomic E-state index is 12.7. The zero-order chi connectivity index (χ0) is 15.6. The topological polar surface area (TPSA) is 39.1 Å². The number of hydrogen-bond acceptors (Lipinski definition) is 2. The normalized spacial score (nSPS) is 23.0. The zero-order valence-corrected chi connectivity index (χ0v) is 12.0. The summed E-state index contributed by atoms with van der Waals surface area (Å²) in [6.07, 6.45) is -0.811. The van der Waals surface area contributed by atoms with Gasteiger partial charge in [-0.05, 0) is 37.8 Å². The number of aromatic nitrogens is 1. The molecule has 1 aliphatic rings. The Morgan fingerprint density at radius 3 is 2.48 bits per heavy atom. The van der Waals surface area contributed by atoms with Gasteiger partial charge in [0.15, 0.2) is 5.78 Å². The lowest BCUT2D eigenvalue weighted by molar-refractivity contribution is -0.139. The number of halogens is 4. The van der Waals surface area contributed by atoms with Crippen LogP contribution in [0.25, 0.3) is 0 Å². The molecule has 2 rings (SSSR count). The molecule has 0 radical (unpaired) electrons. The van der Waals surface area contributed by atoms with E-state index in [1.165, 1.54) is 6.20 Å². The Kier molecular flexibility index (Phi) is 4.76. The highest BCUT2D eigenvalue weighted by atomic mass is 35.5. The van der Waals surface area contributed by atoms with Gasteiger partial charge in [-0.25, -0.2) is 0 Å². The van der Waals surface area contributed by atoms with Crippen molar-refractivity contribution >= 4 is 17.4 Å². The predicted octanol–water partition coefficient (Wildman–Crippen LogP) is 3.23. The molecule has 1 saturated carbocycles. The van der Waals surface area contributed by atoms with Gasteiger partial charge in [-0.2, -0.15) is 13.2 Å². The molecule has 0 spiro atoms. The van der Waals surface area contributed by atoms with E-state index in [4.69, 9.17) is 11.6 Å². The van der Waals surface area contributed by atoms with E-state index in [1.54, 1.807) is 0 Å². The summed E-state index contributed by atoms with van der Waals surface area (Å²) in [7, 11) is 0. The third kappa shape index (κ3) is 3.87. The summed E-state index contributed by atoms with van der Waals surface area (Å²) in [6, 6.07) is 1.86. The first-order chi connectivity index (χ1) is 9.79. The maximum Gasteiger partial charge on any atom is 0.421 e. The van der Waals surface area contributed by atoms with Crippen LogP contribution < -0.4 is 5.56 Å². The number of carbonyl (C=O) groups excluding carboxylic acids is 1. The quantitative estimate of drug-likeness (QED) is 0.802. The van der Waals surface area contributed by atoms with Crippen LogP contribution in [0.15, 0.2) is 23.1 Å². The van der Waals surface area contributed by atoms with Crippen molar-refractivity contribution in [2.45, 2.75) is 43.8 Å². The molecule has 21 heavy (non-hydrogen) atoms. The van der Waals surface area contributed by atoms with Crippen LogP contribution in [-0.4, -0.2) is 15.7 Å². The minimum atomic E-state index is -4.71. The van der Waals surface area contributed by atoms with Crippen molar-refractivity contribution < 1.29 is 18.0 Å². The van der Waals surface area contributed by atoms with Crippen LogP contribution in [0.1, 0.15) is 31.2 Å². The summed E-state index contributed by atoms with van der Waals surface area (Å²) < 4.78 is 38.8. The highest BCUT2D eigenvalue weighted by Gasteiger charge is 2.34. The number of hydrogen-bond donors (Lipinski definition) is 0. The number of alkyl halides is 4. The molecule has 1 fully saturated rings. The standard InChI is InChI=1S/C14H15ClF3NO2/c15-10-5-3-9(4-6-10)12(20)8-19-7-1-2-11(13(19)21)14(16,17)18/h1-2,7,9-10H,3-6,8H2. The predicted molar refractivity (Wildman–Crippen MR) is 72.3 cm³/mol. The summed E-state index contributed by atoms with van der Waals surface area (Å²) in [5, 5.41) is 0.0605. The van der Waals surface area contributed by atoms with Crippen LogP contribution in [0.4, 0.5) is 13.2 Å². The molecule has 0 N–H and O–H groups in total. The molecule has 0 saturated heterocycles. The van der Waals surface area contributed by atoms with Crippen molar-refractivity contribution in [3.05, 3.63) is 34.2 Å². The van der Waals surface area contributed by atoms with Gasteiger partial charge in [0.2, 0.25) is 0 Å². The molecule has 1 aliphatic carbocycles. The molecular weight excluding hydrogens is 307 g/mol. The first kappa shape index (κ1) is 16.1. The Hall–Kier alpha value is -1.30. The number of Topliss-reactive ketones (excluding diaryl/α,β-unsaturated/α-hetero) is 1. The van der Waals surface area contributed by atoms with Crippen molar-refractivity contribution in [2.75, 3.05) is 0 Å². The van der Waals surface area contributed by atoms with E-state index in [-0.39, 0.29) is 23.6 Å². The Morgan fingerprint density at radius 1 is 1.29 bits per heavy atom. The third-order valence-corrected chi connectivity index (χ3v) is 4.20. The SMILES string of the molecule is O=C(Cn1cccc(C(F)(F)F)c1=O)C1CCC(Cl)CC1. The summed E-state index contributed by atoms with van der Waals surface area (Å²) in [6.45, 7) is -0.319. The molecule has 7 heteroatoms. The second kappa shape index (κ2) is 6.22. The Labute approximate surface area is 124 Å². The third-order valence-electron chi connectivity index (χ3n) is 3.76. The van der Waals surface area contributed by atoms with Crippen molar-refractivity contribution in [1.29, 1.82) is 0 Å². The first-order valence-corrected chi connectivity index (χ1v) is 7.16. The van der Waals surface area contributed by atoms with Crippen LogP contribution in [0.3, 0.4) is 0 Å². The molecule has 1 aromatic heterocycles. The molecule has 0 unspecified atom stereocenters. The minimum Gasteiger partial charge on any atom is -0.308 e. The smallest absolute Gasteiger partial charge is 0.308 e. The maximum absolute atomic E-state index is 12.7. The van der Waals surface area contributed by atoms with E-state index < -0.39 is 17.3 Å². The number of ketones is 1. The lowest BCUT2D eigenvalue weighted by atomic mass is 9.86. The number of carbonyl (C=O) groups is 1. The molecule has 0 aromatic carbocycles. The van der Waals surface area contributed by atoms with Gasteiger partial charge in [-0.1, -0.05) is 0 Å². The molecule has 0 bridgehead atoms. The zero-order valence-electron chi connectivity index (χ0n) is 11.2. The van der Waals surface area contributed by atoms with Crippen LogP contribution in [0.2, 0.25) is 0 Å². The summed E-state index contributed by atoms with van der Waals surface area (Å²) >= 11 is 5.95. The van der Waals surface area contributed by atoms with Crippen LogP contribution in [0.5, 0.6) is 0 Å². The molecule has 1 aromatic rings. The average Bonchev–Trinajstić information content (AvgIpc) is 2.40. The Balaban J connectivity index is 2.13. The molecule has 116 valence electrons. The van der Waals surface area contributed by atoms with Crippen molar-refractivity contribution in [2.24, 2.45) is 5.92 Å². The fourth-order valence-corrected chi connectivity index (χ4v) is 2.80. The van der Waals surface area contributed by atoms with Gasteiger partial charge in [-0.3, -0.25) is 9.59 Å². The summed E-state index contributed by atoms with van der Waals surface area (Å²) in [4.78, 5) is 23.9. The van der Waals surface area contributed by atoms with Gasteiger partial charge in [0.1, 0.15) is 5.56 Å². The average molecular weight is 322 g/mol. The van der Waals surface area contributed by atoms with Crippen molar-refractivity contribution in [3.8, 4) is 0 Å². The molecule has 0 amide bonds. The number of nitrogens with zero attached hydrogens (tertiary/aromatic N) is 1. The molecule has 3 nitrogen and oxygen atoms in total. The lowest BCUT2D eigenvalue weighted by Gasteiger charge is -2.24. The van der Waals surface area contributed by atoms with E-state index in [0.29, 0.717) is 12.8 Å². The summed E-state index contributed by atoms with van der Waals surface area (Å²) in [5.41, 5.74) is -2.42. The van der Waals surface area contributed by atoms with Crippen molar-refractivity contribution in [1.82, 2.24) is 4.57 Å². The monoisotopic (exact) mass is 321 g/mol. The van der Waals surface area contributed by atoms with Gasteiger partial charge in [0.25, 0.3) is 5.56 Å². The van der Waals surface area contributed by atoms with Crippen LogP contribution in [0, 0.1) is 5.92 Å². The second-order valence-electron chi connectivity index (χ2n) is 5.27. The lowest BCUT2D eigenvalue weighted by Crippen LogP contribution is -2.33. The van der Waals surface area contributed by atoms with E-state index >= 15 is 0 Å². The largest absolute Gasteiger partial charge is 0.421 e. The summed E-state index contributed by atoms with van der Waals surface area (Å²) in [5.74, 6) is -0.429. The second-order valence-corrected chi connectivity index (χ2v) is 5.89. The van der Waals surface area contributed by atoms with Gasteiger partial charge in [0, 0.05) is 17.5 Å². The Morgan fingerprint density at radius 2 is 1.90 bits per heavy atom. The fraction of sp³-hybridized carbons (Fsp3) is 0.571. The van der Waals surface area contributed by atoms with E-state index in [9.17, 15) is 22.8 Å². The van der Waals surface area contributed by atoms with Crippen LogP contribution in [-0.2, 0) is 17.5 Å². The number of pyridine rings is 1. The first-order valence-electron chi connectivity index (χ1n) is 6.72. The highest BCUT2D eigenvalue weighted by molar-refractivity contribution is 6.20. The minimum absolute atomic E-state index is 0.0605. The van der Waals surface area contributed by atoms with Gasteiger partial charge < -0.3 is 4.57 Å². The van der Waals surface area contributed by atoms with Gasteiger partial charge in [-0.15, -0.1) is 11.6 Å². The van der Waals surface area contributed by atoms with Crippen molar-refractivity contribution in [3.63, 3.8) is 0 Å². The molecule has 1 heterocycles. The fourth-order valence-electron chi connectivity index (χ4n) is 2.55. The van der Waals surface area contributed by atoms with E-state index in [1.807, 2.05) is 0 Å². The molecule has 0 aliphatic heterocycles. The van der Waals surface area contributed by atoms with Gasteiger partial charge >= 0.3 is 6.18 Å². The molecule has 0 atom stereocenters. The van der Waals surface area contributed by atoms with E-state index in [2.05, 4.69) is 0 Å². The molecular formula is C14H15ClF3NO2. The Bertz CT molecular complexity index is 574. The highest BCUT2D eigenvalue weighted by Crippen LogP contribution is 2.29. The number of rotatable bonds is 3.